The molecule has 0 saturated carbocycles. The number of rotatable bonds is 5. The lowest BCUT2D eigenvalue weighted by molar-refractivity contribution is -0.142. The van der Waals surface area contributed by atoms with Gasteiger partial charge in [-0.2, -0.15) is 0 Å². The van der Waals surface area contributed by atoms with Crippen LogP contribution in [0.4, 0.5) is 0 Å². The molecule has 1 rings (SSSR count). The maximum absolute atomic E-state index is 11.8. The minimum absolute atomic E-state index is 0.0117. The van der Waals surface area contributed by atoms with Crippen LogP contribution >= 0.6 is 0 Å². The number of carbonyl (C=O) groups excluding carboxylic acids is 1. The van der Waals surface area contributed by atoms with E-state index in [2.05, 4.69) is 11.4 Å². The van der Waals surface area contributed by atoms with Crippen LogP contribution in [0.3, 0.4) is 0 Å². The minimum Gasteiger partial charge on any atom is -0.351 e. The van der Waals surface area contributed by atoms with Crippen molar-refractivity contribution >= 4 is 25.8 Å². The first kappa shape index (κ1) is 16.3. The van der Waals surface area contributed by atoms with E-state index in [9.17, 15) is 21.6 Å². The topological polar surface area (TPSA) is 107 Å². The molecule has 9 heteroatoms. The lowest BCUT2D eigenvalue weighted by Gasteiger charge is -2.07. The van der Waals surface area contributed by atoms with Crippen LogP contribution in [0, 0.1) is 0 Å². The van der Waals surface area contributed by atoms with E-state index in [4.69, 9.17) is 0 Å². The van der Waals surface area contributed by atoms with E-state index in [1.54, 1.807) is 4.89 Å². The standard InChI is InChI=1S/C11H13NO6S2/c1-8(2)11(13)18-12-20(16,17)10-6-4-5-9(7-10)19(3,14)15/h4-7,12H,1H2,2-3H3. The summed E-state index contributed by atoms with van der Waals surface area (Å²) in [6.45, 7) is 4.63. The van der Waals surface area contributed by atoms with Gasteiger partial charge in [-0.05, 0) is 30.0 Å². The molecule has 110 valence electrons. The Morgan fingerprint density at radius 2 is 1.75 bits per heavy atom. The largest absolute Gasteiger partial charge is 0.352 e. The van der Waals surface area contributed by atoms with Crippen molar-refractivity contribution in [2.24, 2.45) is 0 Å². The third-order valence-electron chi connectivity index (χ3n) is 2.14. The van der Waals surface area contributed by atoms with Gasteiger partial charge in [0, 0.05) is 11.8 Å². The highest BCUT2D eigenvalue weighted by atomic mass is 32.2. The van der Waals surface area contributed by atoms with E-state index >= 15 is 0 Å². The summed E-state index contributed by atoms with van der Waals surface area (Å²) in [5.74, 6) is -0.937. The van der Waals surface area contributed by atoms with Crippen LogP contribution in [0.2, 0.25) is 0 Å². The molecular formula is C11H13NO6S2. The number of benzene rings is 1. The average molecular weight is 319 g/mol. The average Bonchev–Trinajstić information content (AvgIpc) is 2.35. The summed E-state index contributed by atoms with van der Waals surface area (Å²) in [6, 6.07) is 4.66. The van der Waals surface area contributed by atoms with Gasteiger partial charge in [-0.15, -0.1) is 0 Å². The first-order chi connectivity index (χ1) is 9.04. The highest BCUT2D eigenvalue weighted by Crippen LogP contribution is 2.15. The Morgan fingerprint density at radius 1 is 1.20 bits per heavy atom. The van der Waals surface area contributed by atoms with Crippen molar-refractivity contribution in [3.63, 3.8) is 0 Å². The van der Waals surface area contributed by atoms with Gasteiger partial charge in [-0.1, -0.05) is 12.6 Å². The van der Waals surface area contributed by atoms with Gasteiger partial charge in [0.1, 0.15) is 0 Å². The molecule has 0 amide bonds. The molecule has 0 aliphatic rings. The molecule has 0 spiro atoms. The zero-order valence-electron chi connectivity index (χ0n) is 10.8. The number of hydrogen-bond donors (Lipinski definition) is 1. The van der Waals surface area contributed by atoms with Gasteiger partial charge in [0.2, 0.25) is 0 Å². The van der Waals surface area contributed by atoms with E-state index in [1.807, 2.05) is 0 Å². The molecule has 0 bridgehead atoms. The van der Waals surface area contributed by atoms with Crippen molar-refractivity contribution in [2.75, 3.05) is 6.26 Å². The highest BCUT2D eigenvalue weighted by molar-refractivity contribution is 7.91. The molecule has 0 aromatic heterocycles. The third kappa shape index (κ3) is 4.15. The number of carbonyl (C=O) groups is 1. The Hall–Kier alpha value is -1.71. The van der Waals surface area contributed by atoms with Crippen molar-refractivity contribution in [1.29, 1.82) is 0 Å². The molecule has 1 aromatic carbocycles. The summed E-state index contributed by atoms with van der Waals surface area (Å²) >= 11 is 0. The van der Waals surface area contributed by atoms with Gasteiger partial charge < -0.3 is 4.84 Å². The first-order valence-electron chi connectivity index (χ1n) is 5.22. The van der Waals surface area contributed by atoms with Gasteiger partial charge in [0.15, 0.2) is 9.84 Å². The maximum atomic E-state index is 11.8. The fourth-order valence-electron chi connectivity index (χ4n) is 1.10. The molecule has 1 N–H and O–H groups in total. The van der Waals surface area contributed by atoms with Crippen LogP contribution in [-0.2, 0) is 29.5 Å². The van der Waals surface area contributed by atoms with Crippen LogP contribution in [0.25, 0.3) is 0 Å². The Kier molecular flexibility index (Phi) is 4.69. The predicted octanol–water partition coefficient (Wildman–Crippen LogP) is 0.403. The summed E-state index contributed by atoms with van der Waals surface area (Å²) < 4.78 is 46.4. The zero-order chi connectivity index (χ0) is 15.6. The molecule has 7 nitrogen and oxygen atoms in total. The first-order valence-corrected chi connectivity index (χ1v) is 8.60. The summed E-state index contributed by atoms with van der Waals surface area (Å²) in [7, 11) is -7.71. The van der Waals surface area contributed by atoms with Crippen molar-refractivity contribution in [1.82, 2.24) is 4.89 Å². The van der Waals surface area contributed by atoms with E-state index in [0.717, 1.165) is 12.3 Å². The molecule has 0 radical (unpaired) electrons. The minimum atomic E-state index is -4.17. The van der Waals surface area contributed by atoms with Gasteiger partial charge in [0.05, 0.1) is 9.79 Å². The monoisotopic (exact) mass is 319 g/mol. The smallest absolute Gasteiger partial charge is 0.351 e. The molecule has 0 heterocycles. The molecule has 0 unspecified atom stereocenters. The molecule has 1 aromatic rings. The summed E-state index contributed by atoms with van der Waals surface area (Å²) in [6.07, 6.45) is 0.952. The highest BCUT2D eigenvalue weighted by Gasteiger charge is 2.19. The Balaban J connectivity index is 3.05. The van der Waals surface area contributed by atoms with Gasteiger partial charge in [-0.3, -0.25) is 0 Å². The number of hydrogen-bond acceptors (Lipinski definition) is 6. The van der Waals surface area contributed by atoms with Gasteiger partial charge >= 0.3 is 5.97 Å². The van der Waals surface area contributed by atoms with Crippen LogP contribution < -0.4 is 4.89 Å². The molecule has 0 aliphatic carbocycles. The third-order valence-corrected chi connectivity index (χ3v) is 4.42. The summed E-state index contributed by atoms with van der Waals surface area (Å²) in [5, 5.41) is 0. The molecule has 0 aliphatic heterocycles. The normalized spacial score (nSPS) is 11.9. The number of sulfone groups is 1. The second-order valence-electron chi connectivity index (χ2n) is 4.00. The van der Waals surface area contributed by atoms with Crippen molar-refractivity contribution in [2.45, 2.75) is 16.7 Å². The van der Waals surface area contributed by atoms with Crippen LogP contribution in [0.1, 0.15) is 6.92 Å². The maximum Gasteiger partial charge on any atom is 0.352 e. The van der Waals surface area contributed by atoms with Crippen molar-refractivity contribution in [3.8, 4) is 0 Å². The van der Waals surface area contributed by atoms with E-state index in [-0.39, 0.29) is 15.4 Å². The fraction of sp³-hybridized carbons (Fsp3) is 0.182. The van der Waals surface area contributed by atoms with Crippen LogP contribution in [0.5, 0.6) is 0 Å². The van der Waals surface area contributed by atoms with E-state index in [1.165, 1.54) is 25.1 Å². The van der Waals surface area contributed by atoms with Crippen LogP contribution in [0.15, 0.2) is 46.2 Å². The summed E-state index contributed by atoms with van der Waals surface area (Å²) in [5.41, 5.74) is 0.0117. The predicted molar refractivity (Wildman–Crippen MR) is 70.8 cm³/mol. The van der Waals surface area contributed by atoms with Crippen LogP contribution in [-0.4, -0.2) is 29.1 Å². The molecular weight excluding hydrogens is 306 g/mol. The number of nitrogens with one attached hydrogen (secondary N) is 1. The van der Waals surface area contributed by atoms with Crippen molar-refractivity contribution in [3.05, 3.63) is 36.4 Å². The Bertz CT molecular complexity index is 749. The molecule has 0 atom stereocenters. The fourth-order valence-corrected chi connectivity index (χ4v) is 2.66. The van der Waals surface area contributed by atoms with E-state index in [0.29, 0.717) is 0 Å². The number of sulfonamides is 1. The molecule has 0 fully saturated rings. The SMILES string of the molecule is C=C(C)C(=O)ONS(=O)(=O)c1cccc(S(C)(=O)=O)c1. The van der Waals surface area contributed by atoms with Crippen molar-refractivity contribution < 1.29 is 26.5 Å². The zero-order valence-corrected chi connectivity index (χ0v) is 12.4. The second-order valence-corrected chi connectivity index (χ2v) is 7.66. The Labute approximate surface area is 117 Å². The van der Waals surface area contributed by atoms with Gasteiger partial charge in [0.25, 0.3) is 10.0 Å². The van der Waals surface area contributed by atoms with Gasteiger partial charge in [-0.25, -0.2) is 21.6 Å². The molecule has 0 saturated heterocycles. The lowest BCUT2D eigenvalue weighted by atomic mass is 10.4. The molecule has 20 heavy (non-hydrogen) atoms. The van der Waals surface area contributed by atoms with E-state index < -0.39 is 25.8 Å². The second kappa shape index (κ2) is 5.73. The lowest BCUT2D eigenvalue weighted by Crippen LogP contribution is -2.27. The summed E-state index contributed by atoms with van der Waals surface area (Å²) in [4.78, 5) is 16.5. The quantitative estimate of drug-likeness (QED) is 0.622. The Morgan fingerprint density at radius 3 is 2.25 bits per heavy atom.